The minimum atomic E-state index is -0.795. The summed E-state index contributed by atoms with van der Waals surface area (Å²) in [5.74, 6) is 0.182. The number of hydrogen-bond donors (Lipinski definition) is 1. The molecule has 0 spiro atoms. The average Bonchev–Trinajstić information content (AvgIpc) is 2.63. The lowest BCUT2D eigenvalue weighted by Crippen LogP contribution is -2.40. The predicted octanol–water partition coefficient (Wildman–Crippen LogP) is 3.30. The Kier molecular flexibility index (Phi) is 5.09. The van der Waals surface area contributed by atoms with Crippen molar-refractivity contribution in [3.8, 4) is 11.5 Å². The third kappa shape index (κ3) is 3.85. The zero-order valence-electron chi connectivity index (χ0n) is 13.5. The van der Waals surface area contributed by atoms with E-state index in [-0.39, 0.29) is 29.7 Å². The number of esters is 1. The Bertz CT molecular complexity index is 808. The highest BCUT2D eigenvalue weighted by Crippen LogP contribution is 2.31. The van der Waals surface area contributed by atoms with E-state index in [2.05, 4.69) is 5.32 Å². The molecule has 2 aromatic carbocycles. The van der Waals surface area contributed by atoms with Crippen LogP contribution in [0.25, 0.3) is 0 Å². The van der Waals surface area contributed by atoms with Crippen molar-refractivity contribution in [1.82, 2.24) is 0 Å². The Morgan fingerprint density at radius 1 is 1.24 bits per heavy atom. The van der Waals surface area contributed by atoms with Crippen LogP contribution in [0.15, 0.2) is 42.5 Å². The number of para-hydroxylation sites is 2. The summed E-state index contributed by atoms with van der Waals surface area (Å²) in [5.41, 5.74) is 0.604. The Labute approximate surface area is 149 Å². The highest BCUT2D eigenvalue weighted by Gasteiger charge is 2.27. The molecule has 1 aliphatic rings. The zero-order chi connectivity index (χ0) is 17.8. The third-order valence-corrected chi connectivity index (χ3v) is 3.86. The van der Waals surface area contributed by atoms with E-state index in [0.29, 0.717) is 17.2 Å². The lowest BCUT2D eigenvalue weighted by atomic mass is 10.2. The zero-order valence-corrected chi connectivity index (χ0v) is 14.2. The summed E-state index contributed by atoms with van der Waals surface area (Å²) in [6, 6.07) is 11.7. The number of fused-ring (bicyclic) bond motifs is 1. The van der Waals surface area contributed by atoms with Crippen LogP contribution in [-0.4, -0.2) is 31.2 Å². The summed E-state index contributed by atoms with van der Waals surface area (Å²) in [4.78, 5) is 24.3. The number of halogens is 1. The van der Waals surface area contributed by atoms with Gasteiger partial charge in [-0.15, -0.1) is 0 Å². The van der Waals surface area contributed by atoms with E-state index >= 15 is 0 Å². The van der Waals surface area contributed by atoms with Crippen molar-refractivity contribution in [3.63, 3.8) is 0 Å². The van der Waals surface area contributed by atoms with Crippen molar-refractivity contribution in [2.24, 2.45) is 0 Å². The monoisotopic (exact) mass is 361 g/mol. The molecular formula is C18H16ClNO5. The fourth-order valence-electron chi connectivity index (χ4n) is 2.34. The van der Waals surface area contributed by atoms with Crippen LogP contribution in [0.1, 0.15) is 17.3 Å². The summed E-state index contributed by atoms with van der Waals surface area (Å²) in [6.45, 7) is 2.04. The molecule has 2 aromatic rings. The molecule has 0 fully saturated rings. The van der Waals surface area contributed by atoms with E-state index in [9.17, 15) is 9.59 Å². The summed E-state index contributed by atoms with van der Waals surface area (Å²) in [7, 11) is 0. The molecule has 1 heterocycles. The van der Waals surface area contributed by atoms with Gasteiger partial charge in [0.2, 0.25) is 6.10 Å². The van der Waals surface area contributed by atoms with Crippen molar-refractivity contribution in [2.45, 2.75) is 13.0 Å². The van der Waals surface area contributed by atoms with Crippen LogP contribution in [0.2, 0.25) is 5.02 Å². The van der Waals surface area contributed by atoms with Crippen LogP contribution >= 0.6 is 11.6 Å². The molecule has 7 heteroatoms. The van der Waals surface area contributed by atoms with Gasteiger partial charge in [-0.25, -0.2) is 4.79 Å². The van der Waals surface area contributed by atoms with Gasteiger partial charge in [0.25, 0.3) is 5.91 Å². The number of ether oxygens (including phenoxy) is 3. The van der Waals surface area contributed by atoms with E-state index in [1.165, 1.54) is 12.1 Å². The van der Waals surface area contributed by atoms with Crippen molar-refractivity contribution in [1.29, 1.82) is 0 Å². The summed E-state index contributed by atoms with van der Waals surface area (Å²) in [6.07, 6.45) is -0.795. The standard InChI is InChI=1S/C18H16ClNO5/c1-2-23-18(22)12-9-11(7-8-13(12)19)20-17(21)16-10-24-14-5-3-4-6-15(14)25-16/h3-9,16H,2,10H2,1H3,(H,20,21). The Balaban J connectivity index is 1.71. The quantitative estimate of drug-likeness (QED) is 0.846. The van der Waals surface area contributed by atoms with E-state index in [1.807, 2.05) is 6.07 Å². The van der Waals surface area contributed by atoms with E-state index in [0.717, 1.165) is 0 Å². The van der Waals surface area contributed by atoms with Gasteiger partial charge < -0.3 is 19.5 Å². The summed E-state index contributed by atoms with van der Waals surface area (Å²) >= 11 is 6.01. The van der Waals surface area contributed by atoms with Crippen molar-refractivity contribution < 1.29 is 23.8 Å². The van der Waals surface area contributed by atoms with Gasteiger partial charge in [0.15, 0.2) is 11.5 Å². The van der Waals surface area contributed by atoms with Gasteiger partial charge in [0, 0.05) is 5.69 Å². The minimum Gasteiger partial charge on any atom is -0.485 e. The first-order valence-electron chi connectivity index (χ1n) is 7.74. The van der Waals surface area contributed by atoms with Gasteiger partial charge >= 0.3 is 5.97 Å². The van der Waals surface area contributed by atoms with Gasteiger partial charge in [-0.2, -0.15) is 0 Å². The molecule has 25 heavy (non-hydrogen) atoms. The first-order chi connectivity index (χ1) is 12.1. The minimum absolute atomic E-state index is 0.0984. The van der Waals surface area contributed by atoms with Gasteiger partial charge in [0.1, 0.15) is 6.61 Å². The predicted molar refractivity (Wildman–Crippen MR) is 92.4 cm³/mol. The maximum absolute atomic E-state index is 12.4. The molecule has 0 bridgehead atoms. The Hall–Kier alpha value is -2.73. The van der Waals surface area contributed by atoms with Crippen LogP contribution in [0.3, 0.4) is 0 Å². The normalized spacial score (nSPS) is 15.4. The first kappa shape index (κ1) is 17.1. The molecule has 3 rings (SSSR count). The molecule has 1 N–H and O–H groups in total. The topological polar surface area (TPSA) is 73.9 Å². The number of nitrogens with one attached hydrogen (secondary N) is 1. The van der Waals surface area contributed by atoms with Crippen LogP contribution in [0, 0.1) is 0 Å². The fraction of sp³-hybridized carbons (Fsp3) is 0.222. The average molecular weight is 362 g/mol. The molecule has 1 unspecified atom stereocenters. The molecule has 0 radical (unpaired) electrons. The van der Waals surface area contributed by atoms with Crippen LogP contribution in [0.4, 0.5) is 5.69 Å². The molecule has 0 aliphatic carbocycles. The molecule has 130 valence electrons. The van der Waals surface area contributed by atoms with Crippen LogP contribution in [-0.2, 0) is 9.53 Å². The number of anilines is 1. The number of benzene rings is 2. The highest BCUT2D eigenvalue weighted by atomic mass is 35.5. The molecule has 0 saturated heterocycles. The highest BCUT2D eigenvalue weighted by molar-refractivity contribution is 6.33. The molecular weight excluding hydrogens is 346 g/mol. The third-order valence-electron chi connectivity index (χ3n) is 3.53. The van der Waals surface area contributed by atoms with E-state index in [1.54, 1.807) is 31.2 Å². The van der Waals surface area contributed by atoms with Crippen LogP contribution in [0.5, 0.6) is 11.5 Å². The van der Waals surface area contributed by atoms with E-state index in [4.69, 9.17) is 25.8 Å². The van der Waals surface area contributed by atoms with Crippen molar-refractivity contribution >= 4 is 29.2 Å². The molecule has 1 amide bonds. The second-order valence-electron chi connectivity index (χ2n) is 5.27. The smallest absolute Gasteiger partial charge is 0.339 e. The summed E-state index contributed by atoms with van der Waals surface area (Å²) in [5, 5.41) is 2.95. The number of rotatable bonds is 4. The van der Waals surface area contributed by atoms with Crippen LogP contribution < -0.4 is 14.8 Å². The first-order valence-corrected chi connectivity index (χ1v) is 8.12. The van der Waals surface area contributed by atoms with Gasteiger partial charge in [0.05, 0.1) is 17.2 Å². The Morgan fingerprint density at radius 3 is 2.76 bits per heavy atom. The second-order valence-corrected chi connectivity index (χ2v) is 5.68. The maximum atomic E-state index is 12.4. The number of amides is 1. The number of carbonyl (C=O) groups excluding carboxylic acids is 2. The van der Waals surface area contributed by atoms with Gasteiger partial charge in [-0.1, -0.05) is 23.7 Å². The number of carbonyl (C=O) groups is 2. The molecule has 1 atom stereocenters. The SMILES string of the molecule is CCOC(=O)c1cc(NC(=O)C2COc3ccccc3O2)ccc1Cl. The van der Waals surface area contributed by atoms with E-state index < -0.39 is 12.1 Å². The lowest BCUT2D eigenvalue weighted by molar-refractivity contribution is -0.125. The largest absolute Gasteiger partial charge is 0.485 e. The molecule has 0 saturated carbocycles. The molecule has 6 nitrogen and oxygen atoms in total. The van der Waals surface area contributed by atoms with Gasteiger partial charge in [-0.3, -0.25) is 4.79 Å². The second kappa shape index (κ2) is 7.44. The maximum Gasteiger partial charge on any atom is 0.339 e. The van der Waals surface area contributed by atoms with Crippen molar-refractivity contribution in [2.75, 3.05) is 18.5 Å². The Morgan fingerprint density at radius 2 is 2.00 bits per heavy atom. The number of hydrogen-bond acceptors (Lipinski definition) is 5. The molecule has 1 aliphatic heterocycles. The lowest BCUT2D eigenvalue weighted by Gasteiger charge is -2.25. The van der Waals surface area contributed by atoms with Gasteiger partial charge in [-0.05, 0) is 37.3 Å². The summed E-state index contributed by atoms with van der Waals surface area (Å²) < 4.78 is 16.1. The fourth-order valence-corrected chi connectivity index (χ4v) is 2.53. The molecule has 0 aromatic heterocycles. The van der Waals surface area contributed by atoms with Crippen molar-refractivity contribution in [3.05, 3.63) is 53.1 Å².